The van der Waals surface area contributed by atoms with Gasteiger partial charge >= 0.3 is 5.63 Å². The number of nitrogens with two attached hydrogens (primary N) is 1. The third-order valence-electron chi connectivity index (χ3n) is 3.75. The minimum absolute atomic E-state index is 0.277. The smallest absolute Gasteiger partial charge is 0.339 e. The molecule has 17 heavy (non-hydrogen) atoms. The monoisotopic (exact) mass is 231 g/mol. The Kier molecular flexibility index (Phi) is 2.49. The third kappa shape index (κ3) is 1.46. The molecule has 0 saturated heterocycles. The van der Waals surface area contributed by atoms with Gasteiger partial charge in [0.1, 0.15) is 5.58 Å². The molecular formula is C14H17NO2. The van der Waals surface area contributed by atoms with Crippen LogP contribution >= 0.6 is 0 Å². The van der Waals surface area contributed by atoms with Crippen molar-refractivity contribution in [3.8, 4) is 0 Å². The number of aryl methyl sites for hydroxylation is 3. The standard InChI is InChI=1S/C14H17NO2/c1-6-8(3)12(15)10(5)13-11(6)7(2)9(4)14(16)17-13/h15H2,1-5H3. The van der Waals surface area contributed by atoms with Gasteiger partial charge in [0.15, 0.2) is 0 Å². The van der Waals surface area contributed by atoms with Crippen LogP contribution in [-0.4, -0.2) is 0 Å². The third-order valence-corrected chi connectivity index (χ3v) is 3.75. The molecule has 0 radical (unpaired) electrons. The molecule has 0 fully saturated rings. The summed E-state index contributed by atoms with van der Waals surface area (Å²) < 4.78 is 5.39. The molecular weight excluding hydrogens is 214 g/mol. The van der Waals surface area contributed by atoms with E-state index in [1.54, 1.807) is 6.92 Å². The van der Waals surface area contributed by atoms with Crippen LogP contribution < -0.4 is 11.4 Å². The predicted molar refractivity (Wildman–Crippen MR) is 70.6 cm³/mol. The van der Waals surface area contributed by atoms with Crippen molar-refractivity contribution in [2.75, 3.05) is 5.73 Å². The molecule has 3 nitrogen and oxygen atoms in total. The highest BCUT2D eigenvalue weighted by Gasteiger charge is 2.16. The Balaban J connectivity index is 3.18. The van der Waals surface area contributed by atoms with E-state index < -0.39 is 0 Å². The zero-order valence-corrected chi connectivity index (χ0v) is 10.9. The van der Waals surface area contributed by atoms with Gasteiger partial charge < -0.3 is 10.2 Å². The SMILES string of the molecule is Cc1c(N)c(C)c2oc(=O)c(C)c(C)c2c1C. The number of nitrogen functional groups attached to an aromatic ring is 1. The van der Waals surface area contributed by atoms with Crippen molar-refractivity contribution in [3.63, 3.8) is 0 Å². The van der Waals surface area contributed by atoms with Gasteiger partial charge in [0.25, 0.3) is 0 Å². The first-order chi connectivity index (χ1) is 7.86. The fourth-order valence-electron chi connectivity index (χ4n) is 2.24. The molecule has 1 heterocycles. The normalized spacial score (nSPS) is 11.1. The Morgan fingerprint density at radius 2 is 1.35 bits per heavy atom. The maximum atomic E-state index is 11.7. The molecule has 0 atom stereocenters. The van der Waals surface area contributed by atoms with Crippen molar-refractivity contribution < 1.29 is 4.42 Å². The van der Waals surface area contributed by atoms with E-state index in [0.717, 1.165) is 27.6 Å². The van der Waals surface area contributed by atoms with E-state index in [9.17, 15) is 4.79 Å². The number of anilines is 1. The maximum Gasteiger partial charge on any atom is 0.339 e. The van der Waals surface area contributed by atoms with E-state index >= 15 is 0 Å². The van der Waals surface area contributed by atoms with Gasteiger partial charge in [-0.1, -0.05) is 0 Å². The van der Waals surface area contributed by atoms with Crippen molar-refractivity contribution in [1.82, 2.24) is 0 Å². The van der Waals surface area contributed by atoms with Gasteiger partial charge in [0.2, 0.25) is 0 Å². The summed E-state index contributed by atoms with van der Waals surface area (Å²) in [5.41, 5.74) is 11.7. The molecule has 0 aliphatic heterocycles. The highest BCUT2D eigenvalue weighted by atomic mass is 16.4. The second-order valence-corrected chi connectivity index (χ2v) is 4.63. The van der Waals surface area contributed by atoms with Gasteiger partial charge in [-0.05, 0) is 51.3 Å². The van der Waals surface area contributed by atoms with Crippen molar-refractivity contribution in [3.05, 3.63) is 38.2 Å². The van der Waals surface area contributed by atoms with Crippen LogP contribution in [0, 0.1) is 34.6 Å². The van der Waals surface area contributed by atoms with Crippen molar-refractivity contribution in [2.45, 2.75) is 34.6 Å². The molecule has 3 heteroatoms. The summed E-state index contributed by atoms with van der Waals surface area (Å²) in [6, 6.07) is 0. The first kappa shape index (κ1) is 11.7. The summed E-state index contributed by atoms with van der Waals surface area (Å²) in [4.78, 5) is 11.7. The molecule has 2 rings (SSSR count). The quantitative estimate of drug-likeness (QED) is 0.560. The molecule has 90 valence electrons. The van der Waals surface area contributed by atoms with E-state index in [0.29, 0.717) is 16.8 Å². The second kappa shape index (κ2) is 3.62. The molecule has 2 aromatic rings. The maximum absolute atomic E-state index is 11.7. The van der Waals surface area contributed by atoms with E-state index in [2.05, 4.69) is 0 Å². The van der Waals surface area contributed by atoms with Crippen LogP contribution in [0.4, 0.5) is 5.69 Å². The summed E-state index contributed by atoms with van der Waals surface area (Å²) in [7, 11) is 0. The lowest BCUT2D eigenvalue weighted by molar-refractivity contribution is 0.551. The Morgan fingerprint density at radius 3 is 1.94 bits per heavy atom. The zero-order chi connectivity index (χ0) is 12.9. The number of rotatable bonds is 0. The molecule has 0 unspecified atom stereocenters. The minimum Gasteiger partial charge on any atom is -0.422 e. The van der Waals surface area contributed by atoms with Crippen LogP contribution in [0.2, 0.25) is 0 Å². The highest BCUT2D eigenvalue weighted by molar-refractivity contribution is 5.92. The summed E-state index contributed by atoms with van der Waals surface area (Å²) in [5, 5.41) is 1.02. The summed E-state index contributed by atoms with van der Waals surface area (Å²) in [5.74, 6) is 0. The lowest BCUT2D eigenvalue weighted by atomic mass is 9.94. The van der Waals surface area contributed by atoms with E-state index in [4.69, 9.17) is 10.2 Å². The molecule has 1 aromatic carbocycles. The average Bonchev–Trinajstić information content (AvgIpc) is 2.30. The first-order valence-corrected chi connectivity index (χ1v) is 5.65. The zero-order valence-electron chi connectivity index (χ0n) is 10.9. The van der Waals surface area contributed by atoms with Gasteiger partial charge in [-0.15, -0.1) is 0 Å². The Labute approximate surface area is 100 Å². The van der Waals surface area contributed by atoms with Crippen LogP contribution in [0.1, 0.15) is 27.8 Å². The fraction of sp³-hybridized carbons (Fsp3) is 0.357. The predicted octanol–water partition coefficient (Wildman–Crippen LogP) is 2.92. The highest BCUT2D eigenvalue weighted by Crippen LogP contribution is 2.32. The minimum atomic E-state index is -0.277. The number of fused-ring (bicyclic) bond motifs is 1. The molecule has 2 N–H and O–H groups in total. The van der Waals surface area contributed by atoms with Crippen LogP contribution in [-0.2, 0) is 0 Å². The van der Waals surface area contributed by atoms with Gasteiger partial charge in [0, 0.05) is 22.2 Å². The van der Waals surface area contributed by atoms with Crippen LogP contribution in [0.15, 0.2) is 9.21 Å². The fourth-order valence-corrected chi connectivity index (χ4v) is 2.24. The second-order valence-electron chi connectivity index (χ2n) is 4.63. The molecule has 1 aromatic heterocycles. The topological polar surface area (TPSA) is 56.2 Å². The van der Waals surface area contributed by atoms with Gasteiger partial charge in [0.05, 0.1) is 0 Å². The molecule has 0 aliphatic rings. The largest absolute Gasteiger partial charge is 0.422 e. The van der Waals surface area contributed by atoms with Gasteiger partial charge in [-0.3, -0.25) is 0 Å². The average molecular weight is 231 g/mol. The summed E-state index contributed by atoms with van der Waals surface area (Å²) >= 11 is 0. The Bertz CT molecular complexity index is 681. The van der Waals surface area contributed by atoms with Crippen molar-refractivity contribution in [2.24, 2.45) is 0 Å². The summed E-state index contributed by atoms with van der Waals surface area (Å²) in [6.45, 7) is 9.65. The van der Waals surface area contributed by atoms with Crippen LogP contribution in [0.25, 0.3) is 11.0 Å². The van der Waals surface area contributed by atoms with Crippen LogP contribution in [0.5, 0.6) is 0 Å². The number of hydrogen-bond donors (Lipinski definition) is 1. The molecule has 0 aliphatic carbocycles. The molecule has 0 amide bonds. The lowest BCUT2D eigenvalue weighted by Crippen LogP contribution is -2.09. The Morgan fingerprint density at radius 1 is 0.824 bits per heavy atom. The molecule has 0 bridgehead atoms. The Hall–Kier alpha value is -1.77. The van der Waals surface area contributed by atoms with E-state index in [1.165, 1.54) is 0 Å². The van der Waals surface area contributed by atoms with Crippen molar-refractivity contribution in [1.29, 1.82) is 0 Å². The number of hydrogen-bond acceptors (Lipinski definition) is 3. The van der Waals surface area contributed by atoms with E-state index in [1.807, 2.05) is 27.7 Å². The van der Waals surface area contributed by atoms with Gasteiger partial charge in [-0.25, -0.2) is 4.79 Å². The van der Waals surface area contributed by atoms with Gasteiger partial charge in [-0.2, -0.15) is 0 Å². The van der Waals surface area contributed by atoms with Crippen molar-refractivity contribution >= 4 is 16.7 Å². The summed E-state index contributed by atoms with van der Waals surface area (Å²) in [6.07, 6.45) is 0. The lowest BCUT2D eigenvalue weighted by Gasteiger charge is -2.14. The first-order valence-electron chi connectivity index (χ1n) is 5.65. The van der Waals surface area contributed by atoms with E-state index in [-0.39, 0.29) is 5.63 Å². The van der Waals surface area contributed by atoms with Crippen LogP contribution in [0.3, 0.4) is 0 Å². The molecule has 0 spiro atoms. The molecule has 0 saturated carbocycles. The number of benzene rings is 1.